The molecule has 0 radical (unpaired) electrons. The molecule has 0 spiro atoms. The van der Waals surface area contributed by atoms with Gasteiger partial charge in [0.1, 0.15) is 0 Å². The van der Waals surface area contributed by atoms with Crippen LogP contribution in [0.3, 0.4) is 0 Å². The van der Waals surface area contributed by atoms with E-state index in [0.29, 0.717) is 18.8 Å². The first-order chi connectivity index (χ1) is 14.6. The molecule has 0 saturated carbocycles. The Hall–Kier alpha value is -2.45. The zero-order chi connectivity index (χ0) is 21.3. The Labute approximate surface area is 180 Å². The van der Waals surface area contributed by atoms with Crippen LogP contribution in [0.4, 0.5) is 4.39 Å². The van der Waals surface area contributed by atoms with E-state index in [-0.39, 0.29) is 11.6 Å². The number of rotatable bonds is 7. The van der Waals surface area contributed by atoms with Crippen LogP contribution in [0.15, 0.2) is 58.4 Å². The summed E-state index contributed by atoms with van der Waals surface area (Å²) < 4.78 is 31.2. The fourth-order valence-electron chi connectivity index (χ4n) is 3.46. The van der Waals surface area contributed by atoms with Crippen LogP contribution in [0.5, 0.6) is 5.75 Å². The molecule has 1 fully saturated rings. The van der Waals surface area contributed by atoms with Gasteiger partial charge in [0.15, 0.2) is 17.5 Å². The Bertz CT molecular complexity index is 871. The molecule has 1 saturated heterocycles. The average molecular weight is 433 g/mol. The lowest BCUT2D eigenvalue weighted by Gasteiger charge is -2.36. The van der Waals surface area contributed by atoms with Crippen molar-refractivity contribution in [1.82, 2.24) is 15.1 Å². The van der Waals surface area contributed by atoms with Crippen molar-refractivity contribution in [2.24, 2.45) is 4.99 Å². The molecule has 1 atom stereocenters. The maximum atomic E-state index is 13.9. The molecule has 162 valence electrons. The molecule has 2 aromatic carbocycles. The summed E-state index contributed by atoms with van der Waals surface area (Å²) in [5.41, 5.74) is 0.938. The van der Waals surface area contributed by atoms with Crippen molar-refractivity contribution in [3.63, 3.8) is 0 Å². The highest BCUT2D eigenvalue weighted by Crippen LogP contribution is 2.19. The molecular weight excluding hydrogens is 403 g/mol. The highest BCUT2D eigenvalue weighted by Gasteiger charge is 2.20. The van der Waals surface area contributed by atoms with Crippen LogP contribution in [-0.2, 0) is 17.3 Å². The number of nitrogens with one attached hydrogen (secondary N) is 1. The second-order valence-electron chi connectivity index (χ2n) is 7.07. The van der Waals surface area contributed by atoms with E-state index in [0.717, 1.165) is 42.6 Å². The smallest absolute Gasteiger partial charge is 0.193 e. The standard InChI is InChI=1S/C22H29FN4O2S/c1-24-22(25-10-15-30(28)19-6-4-3-5-7-19)27-13-11-26(12-14-27)17-18-8-9-21(29-2)20(23)16-18/h3-9,16H,10-15,17H2,1-2H3,(H,24,25). The molecule has 8 heteroatoms. The van der Waals surface area contributed by atoms with Gasteiger partial charge in [-0.2, -0.15) is 0 Å². The maximum absolute atomic E-state index is 13.9. The van der Waals surface area contributed by atoms with Crippen molar-refractivity contribution in [3.8, 4) is 5.75 Å². The molecule has 1 heterocycles. The van der Waals surface area contributed by atoms with Crippen LogP contribution in [-0.4, -0.2) is 72.6 Å². The number of guanidine groups is 1. The third-order valence-electron chi connectivity index (χ3n) is 5.08. The van der Waals surface area contributed by atoms with Crippen molar-refractivity contribution in [2.75, 3.05) is 52.6 Å². The topological polar surface area (TPSA) is 57.2 Å². The number of piperazine rings is 1. The summed E-state index contributed by atoms with van der Waals surface area (Å²) in [5, 5.41) is 3.33. The van der Waals surface area contributed by atoms with E-state index < -0.39 is 10.8 Å². The van der Waals surface area contributed by atoms with Crippen molar-refractivity contribution in [1.29, 1.82) is 0 Å². The number of ether oxygens (including phenoxy) is 1. The summed E-state index contributed by atoms with van der Waals surface area (Å²) in [6.45, 7) is 4.70. The van der Waals surface area contributed by atoms with Crippen molar-refractivity contribution in [2.45, 2.75) is 11.4 Å². The third kappa shape index (κ3) is 6.03. The number of halogens is 1. The number of hydrogen-bond acceptors (Lipinski definition) is 4. The Morgan fingerprint density at radius 1 is 1.17 bits per heavy atom. The molecule has 0 aromatic heterocycles. The van der Waals surface area contributed by atoms with Gasteiger partial charge in [-0.05, 0) is 29.8 Å². The summed E-state index contributed by atoms with van der Waals surface area (Å²) in [5.74, 6) is 1.31. The number of methoxy groups -OCH3 is 1. The van der Waals surface area contributed by atoms with E-state index in [2.05, 4.69) is 20.1 Å². The molecule has 0 amide bonds. The Kier molecular flexibility index (Phi) is 8.21. The number of hydrogen-bond donors (Lipinski definition) is 1. The molecule has 3 rings (SSSR count). The lowest BCUT2D eigenvalue weighted by Crippen LogP contribution is -2.52. The minimum atomic E-state index is -1.02. The van der Waals surface area contributed by atoms with Gasteiger partial charge in [-0.1, -0.05) is 24.3 Å². The van der Waals surface area contributed by atoms with Gasteiger partial charge in [0, 0.05) is 57.0 Å². The van der Waals surface area contributed by atoms with E-state index >= 15 is 0 Å². The zero-order valence-electron chi connectivity index (χ0n) is 17.5. The van der Waals surface area contributed by atoms with Gasteiger partial charge in [-0.15, -0.1) is 0 Å². The minimum absolute atomic E-state index is 0.270. The maximum Gasteiger partial charge on any atom is 0.193 e. The molecule has 1 aliphatic rings. The van der Waals surface area contributed by atoms with E-state index in [9.17, 15) is 8.60 Å². The van der Waals surface area contributed by atoms with Gasteiger partial charge >= 0.3 is 0 Å². The molecule has 1 N–H and O–H groups in total. The molecule has 1 aliphatic heterocycles. The lowest BCUT2D eigenvalue weighted by molar-refractivity contribution is 0.172. The first kappa shape index (κ1) is 22.2. The predicted molar refractivity (Wildman–Crippen MR) is 119 cm³/mol. The van der Waals surface area contributed by atoms with Gasteiger partial charge in [0.2, 0.25) is 0 Å². The summed E-state index contributed by atoms with van der Waals surface area (Å²) in [6, 6.07) is 14.6. The fourth-order valence-corrected chi connectivity index (χ4v) is 4.45. The fraction of sp³-hybridized carbons (Fsp3) is 0.409. The SMILES string of the molecule is CN=C(NCCS(=O)c1ccccc1)N1CCN(Cc2ccc(OC)c(F)c2)CC1. The number of nitrogens with zero attached hydrogens (tertiary/aromatic N) is 3. The Balaban J connectivity index is 1.44. The molecular formula is C22H29FN4O2S. The van der Waals surface area contributed by atoms with Crippen LogP contribution in [0.25, 0.3) is 0 Å². The normalized spacial score (nSPS) is 16.4. The summed E-state index contributed by atoms with van der Waals surface area (Å²) in [4.78, 5) is 9.72. The lowest BCUT2D eigenvalue weighted by atomic mass is 10.2. The van der Waals surface area contributed by atoms with Gasteiger partial charge < -0.3 is 15.0 Å². The zero-order valence-corrected chi connectivity index (χ0v) is 18.3. The van der Waals surface area contributed by atoms with E-state index in [1.54, 1.807) is 19.2 Å². The molecule has 0 bridgehead atoms. The van der Waals surface area contributed by atoms with Crippen LogP contribution in [0.1, 0.15) is 5.56 Å². The first-order valence-electron chi connectivity index (χ1n) is 10.0. The van der Waals surface area contributed by atoms with Crippen LogP contribution in [0.2, 0.25) is 0 Å². The monoisotopic (exact) mass is 432 g/mol. The minimum Gasteiger partial charge on any atom is -0.494 e. The second-order valence-corrected chi connectivity index (χ2v) is 8.64. The number of benzene rings is 2. The third-order valence-corrected chi connectivity index (χ3v) is 6.46. The summed E-state index contributed by atoms with van der Waals surface area (Å²) in [7, 11) is 2.21. The summed E-state index contributed by atoms with van der Waals surface area (Å²) in [6.07, 6.45) is 0. The van der Waals surface area contributed by atoms with E-state index in [1.807, 2.05) is 36.4 Å². The van der Waals surface area contributed by atoms with Gasteiger partial charge in [-0.3, -0.25) is 14.1 Å². The van der Waals surface area contributed by atoms with Crippen LogP contribution < -0.4 is 10.1 Å². The van der Waals surface area contributed by atoms with Crippen molar-refractivity contribution in [3.05, 3.63) is 59.9 Å². The first-order valence-corrected chi connectivity index (χ1v) is 11.4. The largest absolute Gasteiger partial charge is 0.494 e. The molecule has 2 aromatic rings. The highest BCUT2D eigenvalue weighted by molar-refractivity contribution is 7.85. The Morgan fingerprint density at radius 2 is 1.90 bits per heavy atom. The predicted octanol–water partition coefficient (Wildman–Crippen LogP) is 2.34. The highest BCUT2D eigenvalue weighted by atomic mass is 32.2. The quantitative estimate of drug-likeness (QED) is 0.538. The van der Waals surface area contributed by atoms with Gasteiger partial charge in [0.25, 0.3) is 0 Å². The van der Waals surface area contributed by atoms with E-state index in [1.165, 1.54) is 7.11 Å². The molecule has 0 aliphatic carbocycles. The van der Waals surface area contributed by atoms with Crippen LogP contribution >= 0.6 is 0 Å². The molecule has 6 nitrogen and oxygen atoms in total. The number of aliphatic imine (C=N–C) groups is 1. The molecule has 1 unspecified atom stereocenters. The second kappa shape index (κ2) is 11.1. The van der Waals surface area contributed by atoms with Gasteiger partial charge in [-0.25, -0.2) is 4.39 Å². The van der Waals surface area contributed by atoms with Gasteiger partial charge in [0.05, 0.1) is 17.9 Å². The molecule has 30 heavy (non-hydrogen) atoms. The van der Waals surface area contributed by atoms with Crippen LogP contribution in [0, 0.1) is 5.82 Å². The van der Waals surface area contributed by atoms with Crippen molar-refractivity contribution < 1.29 is 13.3 Å². The summed E-state index contributed by atoms with van der Waals surface area (Å²) >= 11 is 0. The van der Waals surface area contributed by atoms with E-state index in [4.69, 9.17) is 4.74 Å². The van der Waals surface area contributed by atoms with Crippen molar-refractivity contribution >= 4 is 16.8 Å². The average Bonchev–Trinajstić information content (AvgIpc) is 2.78. The Morgan fingerprint density at radius 3 is 2.53 bits per heavy atom.